The highest BCUT2D eigenvalue weighted by molar-refractivity contribution is 5.43. The Morgan fingerprint density at radius 2 is 2.05 bits per heavy atom. The highest BCUT2D eigenvalue weighted by Gasteiger charge is 2.23. The Kier molecular flexibility index (Phi) is 3.99. The molecule has 0 aromatic carbocycles. The van der Waals surface area contributed by atoms with Gasteiger partial charge >= 0.3 is 0 Å². The lowest BCUT2D eigenvalue weighted by Gasteiger charge is -2.33. The van der Waals surface area contributed by atoms with Crippen LogP contribution in [-0.4, -0.2) is 42.1 Å². The van der Waals surface area contributed by atoms with E-state index < -0.39 is 0 Å². The zero-order valence-electron chi connectivity index (χ0n) is 12.6. The highest BCUT2D eigenvalue weighted by Crippen LogP contribution is 2.28. The molecular weight excluding hydrogens is 262 g/mol. The zero-order valence-corrected chi connectivity index (χ0v) is 12.6. The number of nitrogens with zero attached hydrogens (tertiary/aromatic N) is 5. The fraction of sp³-hybridized carbons (Fsp3) is 0.438. The quantitative estimate of drug-likeness (QED) is 0.865. The summed E-state index contributed by atoms with van der Waals surface area (Å²) in [5.74, 6) is 1.43. The summed E-state index contributed by atoms with van der Waals surface area (Å²) in [5.41, 5.74) is 2.31. The average Bonchev–Trinajstić information content (AvgIpc) is 2.56. The van der Waals surface area contributed by atoms with E-state index in [1.54, 1.807) is 12.4 Å². The Bertz CT molecular complexity index is 567. The molecule has 21 heavy (non-hydrogen) atoms. The molecule has 0 unspecified atom stereocenters. The molecule has 0 N–H and O–H groups in total. The van der Waals surface area contributed by atoms with Crippen LogP contribution >= 0.6 is 0 Å². The first kappa shape index (κ1) is 13.8. The maximum absolute atomic E-state index is 4.65. The van der Waals surface area contributed by atoms with Crippen LogP contribution in [0.15, 0.2) is 36.9 Å². The fourth-order valence-corrected chi connectivity index (χ4v) is 2.78. The molecule has 3 rings (SSSR count). The van der Waals surface area contributed by atoms with Crippen molar-refractivity contribution in [2.24, 2.45) is 0 Å². The summed E-state index contributed by atoms with van der Waals surface area (Å²) in [6.45, 7) is 2.01. The van der Waals surface area contributed by atoms with Crippen LogP contribution in [0.2, 0.25) is 0 Å². The Morgan fingerprint density at radius 3 is 2.71 bits per heavy atom. The van der Waals surface area contributed by atoms with Crippen molar-refractivity contribution >= 4 is 11.5 Å². The molecule has 1 aliphatic heterocycles. The standard InChI is InChI=1S/C16H21N5/c1-20(2)14-5-6-15(19-10-14)13-4-3-9-21(12-13)16-11-17-7-8-18-16/h5-8,10-11,13H,3-4,9,12H2,1-2H3/t13-/m1/s1. The molecular formula is C16H21N5. The second-order valence-electron chi connectivity index (χ2n) is 5.68. The first-order valence-corrected chi connectivity index (χ1v) is 7.38. The SMILES string of the molecule is CN(C)c1ccc([C@@H]2CCCN(c3cnccn3)C2)nc1. The van der Waals surface area contributed by atoms with E-state index in [0.29, 0.717) is 5.92 Å². The molecule has 110 valence electrons. The maximum atomic E-state index is 4.65. The molecule has 0 spiro atoms. The van der Waals surface area contributed by atoms with Gasteiger partial charge in [-0.05, 0) is 25.0 Å². The van der Waals surface area contributed by atoms with E-state index >= 15 is 0 Å². The van der Waals surface area contributed by atoms with Gasteiger partial charge in [0.05, 0.1) is 18.1 Å². The third kappa shape index (κ3) is 3.12. The smallest absolute Gasteiger partial charge is 0.147 e. The van der Waals surface area contributed by atoms with E-state index in [9.17, 15) is 0 Å². The van der Waals surface area contributed by atoms with Crippen molar-refractivity contribution in [1.29, 1.82) is 0 Å². The topological polar surface area (TPSA) is 45.2 Å². The van der Waals surface area contributed by atoms with Gasteiger partial charge in [-0.1, -0.05) is 0 Å². The minimum Gasteiger partial charge on any atom is -0.376 e. The van der Waals surface area contributed by atoms with E-state index in [1.807, 2.05) is 26.5 Å². The molecule has 0 aliphatic carbocycles. The van der Waals surface area contributed by atoms with Crippen molar-refractivity contribution in [3.63, 3.8) is 0 Å². The van der Waals surface area contributed by atoms with E-state index in [4.69, 9.17) is 0 Å². The summed E-state index contributed by atoms with van der Waals surface area (Å²) in [6, 6.07) is 4.30. The average molecular weight is 283 g/mol. The first-order chi connectivity index (χ1) is 10.2. The van der Waals surface area contributed by atoms with Gasteiger partial charge < -0.3 is 9.80 Å². The monoisotopic (exact) mass is 283 g/mol. The third-order valence-corrected chi connectivity index (χ3v) is 4.00. The predicted octanol–water partition coefficient (Wildman–Crippen LogP) is 2.32. The van der Waals surface area contributed by atoms with E-state index in [0.717, 1.165) is 24.6 Å². The lowest BCUT2D eigenvalue weighted by molar-refractivity contribution is 0.498. The predicted molar refractivity (Wildman–Crippen MR) is 84.8 cm³/mol. The van der Waals surface area contributed by atoms with Crippen molar-refractivity contribution in [1.82, 2.24) is 15.0 Å². The Hall–Kier alpha value is -2.17. The lowest BCUT2D eigenvalue weighted by atomic mass is 9.94. The Morgan fingerprint density at radius 1 is 1.14 bits per heavy atom. The highest BCUT2D eigenvalue weighted by atomic mass is 15.2. The fourth-order valence-electron chi connectivity index (χ4n) is 2.78. The van der Waals surface area contributed by atoms with E-state index in [-0.39, 0.29) is 0 Å². The van der Waals surface area contributed by atoms with Gasteiger partial charge in [-0.15, -0.1) is 0 Å². The number of aromatic nitrogens is 3. The molecule has 1 fully saturated rings. The van der Waals surface area contributed by atoms with Gasteiger partial charge in [0.25, 0.3) is 0 Å². The van der Waals surface area contributed by atoms with Crippen molar-refractivity contribution in [3.8, 4) is 0 Å². The van der Waals surface area contributed by atoms with Gasteiger partial charge in [-0.3, -0.25) is 9.97 Å². The van der Waals surface area contributed by atoms with Crippen LogP contribution in [0, 0.1) is 0 Å². The second-order valence-corrected chi connectivity index (χ2v) is 5.68. The van der Waals surface area contributed by atoms with Crippen LogP contribution in [-0.2, 0) is 0 Å². The molecule has 3 heterocycles. The van der Waals surface area contributed by atoms with Crippen molar-refractivity contribution < 1.29 is 0 Å². The molecule has 5 nitrogen and oxygen atoms in total. The molecule has 2 aromatic heterocycles. The van der Waals surface area contributed by atoms with Gasteiger partial charge in [0, 0.05) is 51.2 Å². The summed E-state index contributed by atoms with van der Waals surface area (Å²) < 4.78 is 0. The van der Waals surface area contributed by atoms with Crippen LogP contribution < -0.4 is 9.80 Å². The number of anilines is 2. The van der Waals surface area contributed by atoms with Gasteiger partial charge in [0.1, 0.15) is 5.82 Å². The molecule has 0 amide bonds. The van der Waals surface area contributed by atoms with Gasteiger partial charge in [-0.25, -0.2) is 4.98 Å². The van der Waals surface area contributed by atoms with Gasteiger partial charge in [0.15, 0.2) is 0 Å². The van der Waals surface area contributed by atoms with Crippen molar-refractivity contribution in [2.45, 2.75) is 18.8 Å². The molecule has 2 aromatic rings. The number of piperidine rings is 1. The van der Waals surface area contributed by atoms with Crippen LogP contribution in [0.25, 0.3) is 0 Å². The summed E-state index contributed by atoms with van der Waals surface area (Å²) >= 11 is 0. The van der Waals surface area contributed by atoms with Crippen LogP contribution in [0.5, 0.6) is 0 Å². The normalized spacial score (nSPS) is 18.6. The van der Waals surface area contributed by atoms with Crippen LogP contribution in [0.3, 0.4) is 0 Å². The molecule has 1 saturated heterocycles. The first-order valence-electron chi connectivity index (χ1n) is 7.38. The molecule has 0 saturated carbocycles. The minimum absolute atomic E-state index is 0.469. The number of hydrogen-bond acceptors (Lipinski definition) is 5. The third-order valence-electron chi connectivity index (χ3n) is 4.00. The number of pyridine rings is 1. The molecule has 0 radical (unpaired) electrons. The van der Waals surface area contributed by atoms with Crippen molar-refractivity contribution in [3.05, 3.63) is 42.6 Å². The summed E-state index contributed by atoms with van der Waals surface area (Å²) in [6.07, 6.45) is 9.61. The van der Waals surface area contributed by atoms with Gasteiger partial charge in [0.2, 0.25) is 0 Å². The molecule has 5 heteroatoms. The molecule has 1 aliphatic rings. The van der Waals surface area contributed by atoms with Crippen LogP contribution in [0.1, 0.15) is 24.5 Å². The Balaban J connectivity index is 1.74. The molecule has 1 atom stereocenters. The Labute approximate surface area is 125 Å². The summed E-state index contributed by atoms with van der Waals surface area (Å²) in [4.78, 5) is 17.6. The number of rotatable bonds is 3. The van der Waals surface area contributed by atoms with Crippen molar-refractivity contribution in [2.75, 3.05) is 37.0 Å². The van der Waals surface area contributed by atoms with Crippen LogP contribution in [0.4, 0.5) is 11.5 Å². The summed E-state index contributed by atoms with van der Waals surface area (Å²) in [7, 11) is 4.07. The zero-order chi connectivity index (χ0) is 14.7. The van der Waals surface area contributed by atoms with Gasteiger partial charge in [-0.2, -0.15) is 0 Å². The maximum Gasteiger partial charge on any atom is 0.147 e. The summed E-state index contributed by atoms with van der Waals surface area (Å²) in [5, 5.41) is 0. The molecule has 0 bridgehead atoms. The lowest BCUT2D eigenvalue weighted by Crippen LogP contribution is -2.35. The van der Waals surface area contributed by atoms with E-state index in [2.05, 4.69) is 36.9 Å². The second kappa shape index (κ2) is 6.08. The largest absolute Gasteiger partial charge is 0.376 e. The van der Waals surface area contributed by atoms with E-state index in [1.165, 1.54) is 18.5 Å². The minimum atomic E-state index is 0.469. The number of hydrogen-bond donors (Lipinski definition) is 0.